The second-order valence-electron chi connectivity index (χ2n) is 7.94. The van der Waals surface area contributed by atoms with Gasteiger partial charge in [-0.3, -0.25) is 10.2 Å². The highest BCUT2D eigenvalue weighted by Crippen LogP contribution is 2.35. The molecular formula is C22H30N4O2. The van der Waals surface area contributed by atoms with Crippen LogP contribution in [0.3, 0.4) is 0 Å². The molecule has 2 aromatic rings. The lowest BCUT2D eigenvalue weighted by Crippen LogP contribution is -2.45. The standard InChI is InChI=1S/C22H30N4O2/c1-16-20(22(27)24-25-13-6-3-7-14-25)23-21(26(16)15-12-17-10-11-17)18-8-4-5-9-19(18)28-2/h4-5,8-9,17H,3,6-7,10-15H2,1-2H3,(H,24,27). The highest BCUT2D eigenvalue weighted by atomic mass is 16.5. The maximum Gasteiger partial charge on any atom is 0.286 e. The normalized spacial score (nSPS) is 17.5. The predicted molar refractivity (Wildman–Crippen MR) is 109 cm³/mol. The molecular weight excluding hydrogens is 352 g/mol. The number of nitrogens with one attached hydrogen (secondary N) is 1. The zero-order valence-electron chi connectivity index (χ0n) is 16.9. The molecule has 0 unspecified atom stereocenters. The lowest BCUT2D eigenvalue weighted by atomic mass is 10.2. The number of methoxy groups -OCH3 is 1. The van der Waals surface area contributed by atoms with Crippen molar-refractivity contribution in [1.82, 2.24) is 20.0 Å². The molecule has 6 heteroatoms. The van der Waals surface area contributed by atoms with Gasteiger partial charge in [0, 0.05) is 25.3 Å². The maximum absolute atomic E-state index is 13.0. The number of hydrogen-bond donors (Lipinski definition) is 1. The molecule has 0 radical (unpaired) electrons. The number of hydrazine groups is 1. The number of piperidine rings is 1. The summed E-state index contributed by atoms with van der Waals surface area (Å²) in [6, 6.07) is 7.90. The van der Waals surface area contributed by atoms with Crippen molar-refractivity contribution in [3.63, 3.8) is 0 Å². The molecule has 2 heterocycles. The summed E-state index contributed by atoms with van der Waals surface area (Å²) in [5.41, 5.74) is 5.44. The van der Waals surface area contributed by atoms with Crippen LogP contribution in [0.25, 0.3) is 11.4 Å². The number of nitrogens with zero attached hydrogens (tertiary/aromatic N) is 3. The average Bonchev–Trinajstić information content (AvgIpc) is 3.49. The third kappa shape index (κ3) is 4.07. The topological polar surface area (TPSA) is 59.4 Å². The molecule has 2 fully saturated rings. The monoisotopic (exact) mass is 382 g/mol. The fourth-order valence-electron chi connectivity index (χ4n) is 3.98. The number of imidazole rings is 1. The number of carbonyl (C=O) groups excluding carboxylic acids is 1. The highest BCUT2D eigenvalue weighted by Gasteiger charge is 2.26. The van der Waals surface area contributed by atoms with Crippen LogP contribution in [-0.2, 0) is 6.54 Å². The number of aromatic nitrogens is 2. The van der Waals surface area contributed by atoms with Crippen LogP contribution < -0.4 is 10.2 Å². The third-order valence-electron chi connectivity index (χ3n) is 5.86. The first-order valence-corrected chi connectivity index (χ1v) is 10.4. The van der Waals surface area contributed by atoms with E-state index < -0.39 is 0 Å². The summed E-state index contributed by atoms with van der Waals surface area (Å²) in [4.78, 5) is 17.8. The molecule has 0 bridgehead atoms. The second-order valence-corrected chi connectivity index (χ2v) is 7.94. The van der Waals surface area contributed by atoms with Crippen LogP contribution in [0, 0.1) is 12.8 Å². The van der Waals surface area contributed by atoms with Crippen LogP contribution in [0.4, 0.5) is 0 Å². The van der Waals surface area contributed by atoms with Crippen molar-refractivity contribution < 1.29 is 9.53 Å². The Bertz CT molecular complexity index is 835. The minimum absolute atomic E-state index is 0.110. The van der Waals surface area contributed by atoms with E-state index >= 15 is 0 Å². The third-order valence-corrected chi connectivity index (χ3v) is 5.86. The van der Waals surface area contributed by atoms with Gasteiger partial charge < -0.3 is 9.30 Å². The van der Waals surface area contributed by atoms with Crippen molar-refractivity contribution >= 4 is 5.91 Å². The van der Waals surface area contributed by atoms with Gasteiger partial charge in [0.1, 0.15) is 11.6 Å². The molecule has 6 nitrogen and oxygen atoms in total. The number of amides is 1. The van der Waals surface area contributed by atoms with Crippen molar-refractivity contribution in [2.24, 2.45) is 5.92 Å². The Morgan fingerprint density at radius 2 is 1.96 bits per heavy atom. The van der Waals surface area contributed by atoms with E-state index in [1.807, 2.05) is 36.2 Å². The van der Waals surface area contributed by atoms with E-state index in [4.69, 9.17) is 9.72 Å². The SMILES string of the molecule is COc1ccccc1-c1nc(C(=O)NN2CCCCC2)c(C)n1CCC1CC1. The number of hydrogen-bond acceptors (Lipinski definition) is 4. The van der Waals surface area contributed by atoms with Gasteiger partial charge in [0.2, 0.25) is 0 Å². The van der Waals surface area contributed by atoms with Gasteiger partial charge in [0.25, 0.3) is 5.91 Å². The van der Waals surface area contributed by atoms with E-state index in [2.05, 4.69) is 9.99 Å². The first-order valence-electron chi connectivity index (χ1n) is 10.4. The van der Waals surface area contributed by atoms with Crippen molar-refractivity contribution in [3.05, 3.63) is 35.7 Å². The molecule has 4 rings (SSSR count). The molecule has 1 saturated heterocycles. The maximum atomic E-state index is 13.0. The zero-order valence-corrected chi connectivity index (χ0v) is 16.9. The summed E-state index contributed by atoms with van der Waals surface area (Å²) >= 11 is 0. The fraction of sp³-hybridized carbons (Fsp3) is 0.545. The lowest BCUT2D eigenvalue weighted by Gasteiger charge is -2.26. The Balaban J connectivity index is 1.65. The number of rotatable bonds is 7. The molecule has 1 aromatic carbocycles. The Kier molecular flexibility index (Phi) is 5.67. The smallest absolute Gasteiger partial charge is 0.286 e. The summed E-state index contributed by atoms with van der Waals surface area (Å²) in [7, 11) is 1.67. The van der Waals surface area contributed by atoms with Gasteiger partial charge in [0.15, 0.2) is 5.69 Å². The largest absolute Gasteiger partial charge is 0.496 e. The lowest BCUT2D eigenvalue weighted by molar-refractivity contribution is 0.0744. The van der Waals surface area contributed by atoms with Crippen LogP contribution in [0.1, 0.15) is 54.7 Å². The van der Waals surface area contributed by atoms with Gasteiger partial charge in [0.05, 0.1) is 12.7 Å². The summed E-state index contributed by atoms with van der Waals surface area (Å²) in [6.45, 7) is 4.71. The minimum atomic E-state index is -0.110. The quantitative estimate of drug-likeness (QED) is 0.791. The molecule has 1 aliphatic carbocycles. The Morgan fingerprint density at radius 1 is 1.21 bits per heavy atom. The number of ether oxygens (including phenoxy) is 1. The molecule has 150 valence electrons. The molecule has 1 aromatic heterocycles. The molecule has 0 spiro atoms. The van der Waals surface area contributed by atoms with Crippen molar-refractivity contribution in [1.29, 1.82) is 0 Å². The number of carbonyl (C=O) groups is 1. The summed E-state index contributed by atoms with van der Waals surface area (Å²) in [5.74, 6) is 2.31. The molecule has 2 aliphatic rings. The average molecular weight is 383 g/mol. The first kappa shape index (κ1) is 19.0. The van der Waals surface area contributed by atoms with Crippen LogP contribution >= 0.6 is 0 Å². The molecule has 1 aliphatic heterocycles. The van der Waals surface area contributed by atoms with E-state index in [0.717, 1.165) is 67.6 Å². The minimum Gasteiger partial charge on any atom is -0.496 e. The van der Waals surface area contributed by atoms with Crippen molar-refractivity contribution in [2.75, 3.05) is 20.2 Å². The molecule has 1 saturated carbocycles. The Labute approximate surface area is 166 Å². The van der Waals surface area contributed by atoms with Gasteiger partial charge in [-0.2, -0.15) is 0 Å². The zero-order chi connectivity index (χ0) is 19.5. The molecule has 1 N–H and O–H groups in total. The van der Waals surface area contributed by atoms with E-state index in [1.54, 1.807) is 7.11 Å². The fourth-order valence-corrected chi connectivity index (χ4v) is 3.98. The van der Waals surface area contributed by atoms with E-state index in [0.29, 0.717) is 5.69 Å². The number of benzene rings is 1. The van der Waals surface area contributed by atoms with Crippen molar-refractivity contribution in [2.45, 2.75) is 52.0 Å². The Hall–Kier alpha value is -2.34. The summed E-state index contributed by atoms with van der Waals surface area (Å²) in [5, 5.41) is 2.03. The first-order chi connectivity index (χ1) is 13.7. The number of para-hydroxylation sites is 1. The van der Waals surface area contributed by atoms with Crippen LogP contribution in [0.2, 0.25) is 0 Å². The van der Waals surface area contributed by atoms with E-state index in [9.17, 15) is 4.79 Å². The van der Waals surface area contributed by atoms with E-state index in [-0.39, 0.29) is 5.91 Å². The van der Waals surface area contributed by atoms with Gasteiger partial charge in [-0.05, 0) is 44.2 Å². The second kappa shape index (κ2) is 8.35. The van der Waals surface area contributed by atoms with Gasteiger partial charge in [-0.1, -0.05) is 31.4 Å². The van der Waals surface area contributed by atoms with Gasteiger partial charge >= 0.3 is 0 Å². The van der Waals surface area contributed by atoms with Crippen LogP contribution in [-0.4, -0.2) is 40.7 Å². The van der Waals surface area contributed by atoms with E-state index in [1.165, 1.54) is 19.3 Å². The highest BCUT2D eigenvalue weighted by molar-refractivity contribution is 5.94. The predicted octanol–water partition coefficient (Wildman–Crippen LogP) is 3.80. The van der Waals surface area contributed by atoms with Crippen LogP contribution in [0.15, 0.2) is 24.3 Å². The Morgan fingerprint density at radius 3 is 2.68 bits per heavy atom. The molecule has 28 heavy (non-hydrogen) atoms. The summed E-state index contributed by atoms with van der Waals surface area (Å²) < 4.78 is 7.76. The summed E-state index contributed by atoms with van der Waals surface area (Å²) in [6.07, 6.45) is 7.26. The molecule has 1 amide bonds. The van der Waals surface area contributed by atoms with Gasteiger partial charge in [-0.15, -0.1) is 0 Å². The molecule has 0 atom stereocenters. The van der Waals surface area contributed by atoms with Crippen LogP contribution in [0.5, 0.6) is 5.75 Å². The van der Waals surface area contributed by atoms with Crippen molar-refractivity contribution in [3.8, 4) is 17.1 Å². The van der Waals surface area contributed by atoms with Gasteiger partial charge in [-0.25, -0.2) is 9.99 Å².